The van der Waals surface area contributed by atoms with Crippen LogP contribution in [-0.4, -0.2) is 51.9 Å². The molecule has 1 fully saturated rings. The van der Waals surface area contributed by atoms with E-state index in [9.17, 15) is 9.59 Å². The normalized spacial score (nSPS) is 14.6. The average molecular weight is 395 g/mol. The van der Waals surface area contributed by atoms with E-state index in [1.807, 2.05) is 30.0 Å². The number of anilines is 1. The second-order valence-corrected chi connectivity index (χ2v) is 7.38. The summed E-state index contributed by atoms with van der Waals surface area (Å²) < 4.78 is 6.52. The summed E-state index contributed by atoms with van der Waals surface area (Å²) in [5, 5.41) is 8.90. The van der Waals surface area contributed by atoms with Gasteiger partial charge in [0.15, 0.2) is 5.52 Å². The van der Waals surface area contributed by atoms with Crippen molar-refractivity contribution in [3.8, 4) is 0 Å². The number of fused-ring (bicyclic) bond motifs is 1. The Bertz CT molecular complexity index is 1070. The van der Waals surface area contributed by atoms with Gasteiger partial charge in [0.05, 0.1) is 11.1 Å². The SMILES string of the molecule is Cc1nn(CCCC(=O)N2CCN(c3ccccc3)CC2)c(=O)c2noc(C)c12. The molecule has 1 aromatic carbocycles. The molecule has 4 rings (SSSR count). The van der Waals surface area contributed by atoms with Crippen LogP contribution in [0.25, 0.3) is 10.9 Å². The molecule has 0 aliphatic carbocycles. The van der Waals surface area contributed by atoms with Gasteiger partial charge in [0.1, 0.15) is 5.76 Å². The molecule has 1 amide bonds. The molecule has 8 nitrogen and oxygen atoms in total. The van der Waals surface area contributed by atoms with Crippen LogP contribution in [0.4, 0.5) is 5.69 Å². The largest absolute Gasteiger partial charge is 0.368 e. The molecule has 1 aliphatic rings. The van der Waals surface area contributed by atoms with Gasteiger partial charge in [-0.25, -0.2) is 4.68 Å². The van der Waals surface area contributed by atoms with E-state index in [0.29, 0.717) is 41.7 Å². The Labute approximate surface area is 168 Å². The highest BCUT2D eigenvalue weighted by Crippen LogP contribution is 2.17. The maximum Gasteiger partial charge on any atom is 0.296 e. The molecule has 0 spiro atoms. The molecule has 0 saturated carbocycles. The third-order valence-electron chi connectivity index (χ3n) is 5.45. The molecule has 2 aromatic heterocycles. The van der Waals surface area contributed by atoms with Crippen molar-refractivity contribution in [3.63, 3.8) is 0 Å². The summed E-state index contributed by atoms with van der Waals surface area (Å²) in [5.41, 5.74) is 1.94. The summed E-state index contributed by atoms with van der Waals surface area (Å²) in [6, 6.07) is 10.3. The number of amides is 1. The first-order valence-corrected chi connectivity index (χ1v) is 9.96. The van der Waals surface area contributed by atoms with Gasteiger partial charge in [-0.15, -0.1) is 0 Å². The third-order valence-corrected chi connectivity index (χ3v) is 5.45. The van der Waals surface area contributed by atoms with E-state index < -0.39 is 0 Å². The second kappa shape index (κ2) is 8.06. The molecule has 0 radical (unpaired) electrons. The van der Waals surface area contributed by atoms with Gasteiger partial charge in [-0.05, 0) is 32.4 Å². The number of nitrogens with zero attached hydrogens (tertiary/aromatic N) is 5. The third kappa shape index (κ3) is 3.87. The Morgan fingerprint density at radius 1 is 1.10 bits per heavy atom. The molecule has 1 aliphatic heterocycles. The molecule has 1 saturated heterocycles. The van der Waals surface area contributed by atoms with Crippen molar-refractivity contribution in [3.05, 3.63) is 52.1 Å². The fourth-order valence-corrected chi connectivity index (χ4v) is 3.89. The molecular weight excluding hydrogens is 370 g/mol. The van der Waals surface area contributed by atoms with Gasteiger partial charge in [0.25, 0.3) is 5.56 Å². The van der Waals surface area contributed by atoms with Gasteiger partial charge in [0.2, 0.25) is 5.91 Å². The van der Waals surface area contributed by atoms with Gasteiger partial charge in [-0.1, -0.05) is 23.4 Å². The van der Waals surface area contributed by atoms with Crippen molar-refractivity contribution in [1.29, 1.82) is 0 Å². The summed E-state index contributed by atoms with van der Waals surface area (Å²) in [6.45, 7) is 7.09. The van der Waals surface area contributed by atoms with E-state index in [-0.39, 0.29) is 11.5 Å². The summed E-state index contributed by atoms with van der Waals surface area (Å²) >= 11 is 0. The first-order valence-electron chi connectivity index (χ1n) is 9.96. The highest BCUT2D eigenvalue weighted by atomic mass is 16.5. The Hall–Kier alpha value is -3.16. The van der Waals surface area contributed by atoms with E-state index in [4.69, 9.17) is 4.52 Å². The minimum atomic E-state index is -0.272. The van der Waals surface area contributed by atoms with Crippen LogP contribution in [0.5, 0.6) is 0 Å². The Morgan fingerprint density at radius 2 is 1.83 bits per heavy atom. The van der Waals surface area contributed by atoms with E-state index in [2.05, 4.69) is 27.3 Å². The molecule has 3 heterocycles. The van der Waals surface area contributed by atoms with Crippen LogP contribution in [0.1, 0.15) is 24.3 Å². The van der Waals surface area contributed by atoms with Crippen LogP contribution in [0.15, 0.2) is 39.6 Å². The van der Waals surface area contributed by atoms with E-state index in [0.717, 1.165) is 26.2 Å². The second-order valence-electron chi connectivity index (χ2n) is 7.38. The Balaban J connectivity index is 1.31. The zero-order chi connectivity index (χ0) is 20.4. The standard InChI is InChI=1S/C21H25N5O3/c1-15-19-16(2)29-23-20(19)21(28)26(22-15)10-6-9-18(27)25-13-11-24(12-14-25)17-7-4-3-5-8-17/h3-5,7-8H,6,9-14H2,1-2H3. The van der Waals surface area contributed by atoms with Gasteiger partial charge in [0, 0.05) is 44.8 Å². The van der Waals surface area contributed by atoms with Crippen molar-refractivity contribution >= 4 is 22.5 Å². The van der Waals surface area contributed by atoms with Crippen LogP contribution < -0.4 is 10.5 Å². The summed E-state index contributed by atoms with van der Waals surface area (Å²) in [5.74, 6) is 0.722. The molecule has 3 aromatic rings. The topological polar surface area (TPSA) is 84.5 Å². The zero-order valence-corrected chi connectivity index (χ0v) is 16.8. The van der Waals surface area contributed by atoms with E-state index >= 15 is 0 Å². The van der Waals surface area contributed by atoms with Crippen molar-refractivity contribution in [1.82, 2.24) is 19.8 Å². The van der Waals surface area contributed by atoms with E-state index in [1.165, 1.54) is 10.4 Å². The predicted octanol–water partition coefficient (Wildman–Crippen LogP) is 2.13. The maximum absolute atomic E-state index is 12.6. The highest BCUT2D eigenvalue weighted by Gasteiger charge is 2.21. The number of carbonyl (C=O) groups is 1. The van der Waals surface area contributed by atoms with Crippen LogP contribution in [0, 0.1) is 13.8 Å². The van der Waals surface area contributed by atoms with Crippen LogP contribution in [0.2, 0.25) is 0 Å². The van der Waals surface area contributed by atoms with Gasteiger partial charge in [-0.2, -0.15) is 5.10 Å². The first-order chi connectivity index (χ1) is 14.0. The molecular formula is C21H25N5O3. The quantitative estimate of drug-likeness (QED) is 0.658. The number of hydrogen-bond acceptors (Lipinski definition) is 6. The zero-order valence-electron chi connectivity index (χ0n) is 16.8. The summed E-state index contributed by atoms with van der Waals surface area (Å²) in [7, 11) is 0. The molecule has 0 N–H and O–H groups in total. The maximum atomic E-state index is 12.6. The summed E-state index contributed by atoms with van der Waals surface area (Å²) in [6.07, 6.45) is 0.959. The summed E-state index contributed by atoms with van der Waals surface area (Å²) in [4.78, 5) is 29.3. The van der Waals surface area contributed by atoms with Crippen molar-refractivity contribution in [2.24, 2.45) is 0 Å². The van der Waals surface area contributed by atoms with Crippen LogP contribution >= 0.6 is 0 Å². The van der Waals surface area contributed by atoms with Crippen molar-refractivity contribution < 1.29 is 9.32 Å². The average Bonchev–Trinajstić information content (AvgIpc) is 3.14. The smallest absolute Gasteiger partial charge is 0.296 e. The lowest BCUT2D eigenvalue weighted by Gasteiger charge is -2.36. The van der Waals surface area contributed by atoms with E-state index in [1.54, 1.807) is 6.92 Å². The number of hydrogen-bond donors (Lipinski definition) is 0. The first kappa shape index (κ1) is 19.2. The number of aromatic nitrogens is 3. The molecule has 0 unspecified atom stereocenters. The number of piperazine rings is 1. The van der Waals surface area contributed by atoms with Gasteiger partial charge in [-0.3, -0.25) is 9.59 Å². The number of rotatable bonds is 5. The lowest BCUT2D eigenvalue weighted by atomic mass is 10.2. The number of benzene rings is 1. The van der Waals surface area contributed by atoms with Crippen LogP contribution in [0.3, 0.4) is 0 Å². The number of aryl methyl sites for hydroxylation is 3. The lowest BCUT2D eigenvalue weighted by molar-refractivity contribution is -0.131. The Morgan fingerprint density at radius 3 is 2.55 bits per heavy atom. The van der Waals surface area contributed by atoms with Crippen molar-refractivity contribution in [2.45, 2.75) is 33.2 Å². The number of para-hydroxylation sites is 1. The molecule has 29 heavy (non-hydrogen) atoms. The minimum Gasteiger partial charge on any atom is -0.368 e. The Kier molecular flexibility index (Phi) is 5.33. The van der Waals surface area contributed by atoms with Gasteiger partial charge >= 0.3 is 0 Å². The highest BCUT2D eigenvalue weighted by molar-refractivity contribution is 5.81. The fourth-order valence-electron chi connectivity index (χ4n) is 3.89. The predicted molar refractivity (Wildman–Crippen MR) is 110 cm³/mol. The number of carbonyl (C=O) groups excluding carboxylic acids is 1. The molecule has 0 bridgehead atoms. The molecule has 152 valence electrons. The van der Waals surface area contributed by atoms with Crippen molar-refractivity contribution in [2.75, 3.05) is 31.1 Å². The van der Waals surface area contributed by atoms with Gasteiger partial charge < -0.3 is 14.3 Å². The fraction of sp³-hybridized carbons (Fsp3) is 0.429. The molecule has 8 heteroatoms. The molecule has 0 atom stereocenters. The minimum absolute atomic E-state index is 0.126. The lowest BCUT2D eigenvalue weighted by Crippen LogP contribution is -2.48. The van der Waals surface area contributed by atoms with Crippen LogP contribution in [-0.2, 0) is 11.3 Å². The monoisotopic (exact) mass is 395 g/mol.